The fourth-order valence-corrected chi connectivity index (χ4v) is 8.85. The highest BCUT2D eigenvalue weighted by atomic mass is 35.5. The maximum atomic E-state index is 13.6. The first-order chi connectivity index (χ1) is 23.7. The number of nitrogens with one attached hydrogen (secondary N) is 1. The Morgan fingerprint density at radius 2 is 1.92 bits per heavy atom. The molecule has 1 saturated carbocycles. The monoisotopic (exact) mass is 728 g/mol. The second-order valence-corrected chi connectivity index (χ2v) is 17.1. The number of fused-ring (bicyclic) bond motifs is 4. The zero-order chi connectivity index (χ0) is 35.8. The molecule has 0 radical (unpaired) electrons. The minimum atomic E-state index is -4.24. The van der Waals surface area contributed by atoms with E-state index in [1.165, 1.54) is 31.0 Å². The minimum absolute atomic E-state index is 0.0228. The quantitative estimate of drug-likeness (QED) is 0.434. The van der Waals surface area contributed by atoms with Crippen molar-refractivity contribution < 1.29 is 32.2 Å². The van der Waals surface area contributed by atoms with Crippen molar-refractivity contribution in [3.63, 3.8) is 0 Å². The highest BCUT2D eigenvalue weighted by Crippen LogP contribution is 2.47. The van der Waals surface area contributed by atoms with Gasteiger partial charge in [-0.1, -0.05) is 23.7 Å². The molecule has 1 N–H and O–H groups in total. The molecule has 0 unspecified atom stereocenters. The lowest BCUT2D eigenvalue weighted by Crippen LogP contribution is -2.50. The molecule has 4 aliphatic rings. The molecule has 4 atom stereocenters. The van der Waals surface area contributed by atoms with Gasteiger partial charge in [-0.15, -0.1) is 0 Å². The molecule has 6 rings (SSSR count). The lowest BCUT2D eigenvalue weighted by atomic mass is 9.68. The number of anilines is 1. The number of aryl methyl sites for hydroxylation is 1. The number of benzene rings is 2. The van der Waals surface area contributed by atoms with E-state index >= 15 is 0 Å². The lowest BCUT2D eigenvalue weighted by molar-refractivity contribution is -0.139. The summed E-state index contributed by atoms with van der Waals surface area (Å²) in [4.78, 5) is 32.4. The van der Waals surface area contributed by atoms with Crippen LogP contribution in [0.2, 0.25) is 5.02 Å². The summed E-state index contributed by atoms with van der Waals surface area (Å²) in [6.07, 6.45) is 7.28. The average molecular weight is 729 g/mol. The Balaban J connectivity index is 1.39. The molecule has 50 heavy (non-hydrogen) atoms. The number of ether oxygens (including phenoxy) is 3. The molecule has 11 nitrogen and oxygen atoms in total. The summed E-state index contributed by atoms with van der Waals surface area (Å²) in [5.41, 5.74) is 1.25. The van der Waals surface area contributed by atoms with E-state index < -0.39 is 33.7 Å². The molecule has 1 spiro atoms. The van der Waals surface area contributed by atoms with Gasteiger partial charge in [0.25, 0.3) is 15.9 Å². The fraction of sp³-hybridized carbons (Fsp3) is 0.568. The summed E-state index contributed by atoms with van der Waals surface area (Å²) < 4.78 is 48.1. The first-order valence-electron chi connectivity index (χ1n) is 17.4. The number of sulfonamides is 1. The molecule has 2 aromatic rings. The van der Waals surface area contributed by atoms with Gasteiger partial charge in [0.2, 0.25) is 0 Å². The zero-order valence-corrected chi connectivity index (χ0v) is 31.2. The summed E-state index contributed by atoms with van der Waals surface area (Å²) in [6, 6.07) is 10.9. The second kappa shape index (κ2) is 14.4. The molecule has 0 saturated heterocycles. The molecular weight excluding hydrogens is 680 g/mol. The number of nitrogens with zero attached hydrogens (tertiary/aromatic N) is 3. The molecule has 2 aliphatic carbocycles. The van der Waals surface area contributed by atoms with E-state index in [-0.39, 0.29) is 28.8 Å². The predicted octanol–water partition coefficient (Wildman–Crippen LogP) is 5.01. The summed E-state index contributed by atoms with van der Waals surface area (Å²) >= 11 is 6.44. The van der Waals surface area contributed by atoms with E-state index in [1.807, 2.05) is 37.2 Å². The van der Waals surface area contributed by atoms with Gasteiger partial charge >= 0.3 is 6.09 Å². The van der Waals surface area contributed by atoms with Gasteiger partial charge in [-0.25, -0.2) is 17.9 Å². The van der Waals surface area contributed by atoms with E-state index in [0.717, 1.165) is 32.1 Å². The van der Waals surface area contributed by atoms with Gasteiger partial charge in [-0.3, -0.25) is 4.79 Å². The summed E-state index contributed by atoms with van der Waals surface area (Å²) in [6.45, 7) is 5.92. The fourth-order valence-electron chi connectivity index (χ4n) is 7.53. The second-order valence-electron chi connectivity index (χ2n) is 15.0. The van der Waals surface area contributed by atoms with Gasteiger partial charge in [0, 0.05) is 49.6 Å². The van der Waals surface area contributed by atoms with Crippen LogP contribution in [0.25, 0.3) is 0 Å². The molecule has 272 valence electrons. The zero-order valence-electron chi connectivity index (χ0n) is 29.6. The number of amides is 2. The largest absolute Gasteiger partial charge is 0.490 e. The van der Waals surface area contributed by atoms with Crippen molar-refractivity contribution in [2.75, 3.05) is 65.4 Å². The van der Waals surface area contributed by atoms with Crippen molar-refractivity contribution in [2.24, 2.45) is 11.8 Å². The average Bonchev–Trinajstić information content (AvgIpc) is 3.19. The smallest absolute Gasteiger partial charge is 0.410 e. The van der Waals surface area contributed by atoms with Crippen LogP contribution in [0.3, 0.4) is 0 Å². The summed E-state index contributed by atoms with van der Waals surface area (Å²) in [5, 5.41) is 0.701. The Labute approximate surface area is 300 Å². The number of halogens is 1. The first kappa shape index (κ1) is 36.5. The van der Waals surface area contributed by atoms with Crippen molar-refractivity contribution in [2.45, 2.75) is 68.0 Å². The third-order valence-corrected chi connectivity index (χ3v) is 12.3. The third-order valence-electron chi connectivity index (χ3n) is 10.7. The van der Waals surface area contributed by atoms with Gasteiger partial charge in [-0.2, -0.15) is 0 Å². The van der Waals surface area contributed by atoms with Crippen LogP contribution in [0.4, 0.5) is 10.5 Å². The molecule has 2 amide bonds. The van der Waals surface area contributed by atoms with E-state index in [9.17, 15) is 18.0 Å². The Morgan fingerprint density at radius 3 is 2.66 bits per heavy atom. The van der Waals surface area contributed by atoms with Gasteiger partial charge in [0.05, 0.1) is 23.8 Å². The Hall–Kier alpha value is -3.32. The molecule has 2 heterocycles. The van der Waals surface area contributed by atoms with Crippen LogP contribution in [-0.4, -0.2) is 102 Å². The maximum absolute atomic E-state index is 13.6. The summed E-state index contributed by atoms with van der Waals surface area (Å²) in [5.74, 6) is -0.0399. The Bertz CT molecular complexity index is 1750. The van der Waals surface area contributed by atoms with Crippen LogP contribution in [0.5, 0.6) is 5.75 Å². The van der Waals surface area contributed by atoms with E-state index in [2.05, 4.69) is 15.7 Å². The van der Waals surface area contributed by atoms with Crippen molar-refractivity contribution in [3.8, 4) is 5.75 Å². The third kappa shape index (κ3) is 7.63. The normalized spacial score (nSPS) is 27.9. The predicted molar refractivity (Wildman–Crippen MR) is 192 cm³/mol. The number of carbonyl (C=O) groups is 2. The number of likely N-dealkylation sites (N-methyl/N-ethyl adjacent to an activating group) is 2. The van der Waals surface area contributed by atoms with Crippen LogP contribution in [0, 0.1) is 11.8 Å². The van der Waals surface area contributed by atoms with Crippen molar-refractivity contribution >= 4 is 39.3 Å². The summed E-state index contributed by atoms with van der Waals surface area (Å²) in [7, 11) is 1.41. The van der Waals surface area contributed by atoms with Crippen molar-refractivity contribution in [3.05, 3.63) is 64.7 Å². The van der Waals surface area contributed by atoms with Crippen LogP contribution in [0.1, 0.15) is 50.7 Å². The van der Waals surface area contributed by atoms with Crippen LogP contribution < -0.4 is 14.4 Å². The van der Waals surface area contributed by atoms with Gasteiger partial charge in [0.15, 0.2) is 0 Å². The highest BCUT2D eigenvalue weighted by molar-refractivity contribution is 7.90. The molecule has 2 aromatic carbocycles. The van der Waals surface area contributed by atoms with Gasteiger partial charge in [0.1, 0.15) is 17.5 Å². The maximum Gasteiger partial charge on any atom is 0.410 e. The number of hydrogen-bond donors (Lipinski definition) is 1. The number of rotatable bonds is 4. The Morgan fingerprint density at radius 1 is 1.12 bits per heavy atom. The van der Waals surface area contributed by atoms with Gasteiger partial charge < -0.3 is 28.9 Å². The Kier molecular flexibility index (Phi) is 10.5. The molecule has 2 bridgehead atoms. The SMILES string of the molecule is CN(C)CCN(C)C(=O)O[C@H]1/C=C\COC(C)(C)C(=O)NS(=O)(=O)c2ccc3c(c2)N(C[C@@H]2CC[C@H]21)C[C@@]1(CCCc2cc(Cl)ccc21)CO3. The lowest BCUT2D eigenvalue weighted by Gasteiger charge is -2.46. The highest BCUT2D eigenvalue weighted by Gasteiger charge is 2.45. The van der Waals surface area contributed by atoms with E-state index in [0.29, 0.717) is 49.2 Å². The van der Waals surface area contributed by atoms with E-state index in [1.54, 1.807) is 30.2 Å². The van der Waals surface area contributed by atoms with Crippen LogP contribution >= 0.6 is 11.6 Å². The van der Waals surface area contributed by atoms with Crippen LogP contribution in [0.15, 0.2) is 53.4 Å². The molecule has 0 aromatic heterocycles. The number of hydrogen-bond acceptors (Lipinski definition) is 9. The molecule has 2 aliphatic heterocycles. The van der Waals surface area contributed by atoms with Crippen molar-refractivity contribution in [1.82, 2.24) is 14.5 Å². The minimum Gasteiger partial charge on any atom is -0.490 e. The number of carbonyl (C=O) groups excluding carboxylic acids is 2. The first-order valence-corrected chi connectivity index (χ1v) is 19.3. The van der Waals surface area contributed by atoms with Gasteiger partial charge in [-0.05, 0) is 113 Å². The van der Waals surface area contributed by atoms with Crippen molar-refractivity contribution in [1.29, 1.82) is 0 Å². The standard InChI is InChI=1S/C37H49ClN4O7S/c1-36(2)34(43)39-50(45,46)28-12-15-33-31(21-28)42(23-37(24-47-33)16-6-8-25-20-27(38)11-14-30(25)37)22-26-10-13-29(26)32(9-7-19-48-36)49-35(44)41(5)18-17-40(3)4/h7,9,11-12,14-15,20-21,26,29,32H,6,8,10,13,16-19,22-24H2,1-5H3,(H,39,43)/b9-7-/t26-,29+,32-,37-/m0/s1. The van der Waals surface area contributed by atoms with Crippen LogP contribution in [-0.2, 0) is 36.1 Å². The topological polar surface area (TPSA) is 118 Å². The molecule has 13 heteroatoms. The molecular formula is C37H49ClN4O7S. The van der Waals surface area contributed by atoms with E-state index in [4.69, 9.17) is 25.8 Å². The molecule has 1 fully saturated rings.